The molecule has 196 valence electrons. The maximum atomic E-state index is 13.8. The Bertz CT molecular complexity index is 1080. The second kappa shape index (κ2) is 10.5. The monoisotopic (exact) mass is 514 g/mol. The molecule has 2 saturated heterocycles. The molecule has 36 heavy (non-hydrogen) atoms. The lowest BCUT2D eigenvalue weighted by molar-refractivity contribution is -0.137. The Morgan fingerprint density at radius 1 is 1.22 bits per heavy atom. The van der Waals surface area contributed by atoms with Crippen molar-refractivity contribution in [2.24, 2.45) is 17.3 Å². The lowest BCUT2D eigenvalue weighted by Crippen LogP contribution is -2.44. The second-order valence-corrected chi connectivity index (χ2v) is 12.6. The van der Waals surface area contributed by atoms with E-state index in [-0.39, 0.29) is 45.9 Å². The summed E-state index contributed by atoms with van der Waals surface area (Å²) < 4.78 is 5.69. The Morgan fingerprint density at radius 2 is 1.92 bits per heavy atom. The van der Waals surface area contributed by atoms with E-state index in [1.54, 1.807) is 0 Å². The average molecular weight is 515 g/mol. The molecule has 1 aromatic rings. The first kappa shape index (κ1) is 26.7. The number of anilines is 1. The number of hydrogen-bond acceptors (Lipinski definition) is 5. The molecule has 2 aliphatic heterocycles. The minimum atomic E-state index is -1.12. The number of carboxylic acids is 1. The van der Waals surface area contributed by atoms with Crippen molar-refractivity contribution in [1.82, 2.24) is 4.90 Å². The molecule has 4 rings (SSSR count). The number of nitrogens with one attached hydrogen (secondary N) is 1. The Morgan fingerprint density at radius 3 is 2.44 bits per heavy atom. The van der Waals surface area contributed by atoms with E-state index >= 15 is 0 Å². The predicted octanol–water partition coefficient (Wildman–Crippen LogP) is 5.10. The predicted molar refractivity (Wildman–Crippen MR) is 140 cm³/mol. The van der Waals surface area contributed by atoms with Gasteiger partial charge in [-0.3, -0.25) is 9.59 Å². The molecule has 2 N–H and O–H groups in total. The molecular weight excluding hydrogens is 476 g/mol. The Balaban J connectivity index is 1.75. The zero-order valence-corrected chi connectivity index (χ0v) is 22.8. The van der Waals surface area contributed by atoms with Crippen LogP contribution in [0.25, 0.3) is 0 Å². The highest BCUT2D eigenvalue weighted by Crippen LogP contribution is 2.43. The van der Waals surface area contributed by atoms with Gasteiger partial charge in [0.1, 0.15) is 4.88 Å². The van der Waals surface area contributed by atoms with Gasteiger partial charge < -0.3 is 20.1 Å². The van der Waals surface area contributed by atoms with Gasteiger partial charge in [-0.05, 0) is 65.2 Å². The van der Waals surface area contributed by atoms with Crippen LogP contribution in [0.2, 0.25) is 0 Å². The first-order valence-corrected chi connectivity index (χ1v) is 14.0. The zero-order valence-electron chi connectivity index (χ0n) is 22.0. The summed E-state index contributed by atoms with van der Waals surface area (Å²) in [6.07, 6.45) is 4.94. The molecule has 2 bridgehead atoms. The van der Waals surface area contributed by atoms with Gasteiger partial charge in [-0.25, -0.2) is 4.79 Å². The SMILES string of the molecule is CC[C@@H](C(=O)N1C[C@H]2C[C@H]1CO2)c1c(C#CC(C)(C)C)sc(C(=O)O)c1NC(=O)C1CCC(C)CC1. The summed E-state index contributed by atoms with van der Waals surface area (Å²) in [7, 11) is 0. The number of amides is 2. The number of thiophene rings is 1. The number of carboxylic acid groups (broad SMARTS) is 1. The highest BCUT2D eigenvalue weighted by molar-refractivity contribution is 7.15. The van der Waals surface area contributed by atoms with Crippen LogP contribution < -0.4 is 5.32 Å². The molecule has 8 heteroatoms. The molecule has 3 aliphatic rings. The molecule has 3 fully saturated rings. The van der Waals surface area contributed by atoms with Gasteiger partial charge in [-0.15, -0.1) is 11.3 Å². The lowest BCUT2D eigenvalue weighted by Gasteiger charge is -2.31. The number of carbonyl (C=O) groups is 3. The van der Waals surface area contributed by atoms with Crippen LogP contribution in [0.15, 0.2) is 0 Å². The molecule has 3 heterocycles. The summed E-state index contributed by atoms with van der Waals surface area (Å²) in [5.41, 5.74) is 0.516. The fourth-order valence-electron chi connectivity index (χ4n) is 5.51. The van der Waals surface area contributed by atoms with E-state index in [1.165, 1.54) is 0 Å². The van der Waals surface area contributed by atoms with Crippen molar-refractivity contribution < 1.29 is 24.2 Å². The van der Waals surface area contributed by atoms with Crippen LogP contribution in [0, 0.1) is 29.1 Å². The Kier molecular flexibility index (Phi) is 7.82. The number of aromatic carboxylic acids is 1. The molecule has 0 spiro atoms. The largest absolute Gasteiger partial charge is 0.477 e. The summed E-state index contributed by atoms with van der Waals surface area (Å²) in [5, 5.41) is 13.1. The zero-order chi connectivity index (χ0) is 26.2. The van der Waals surface area contributed by atoms with E-state index in [9.17, 15) is 19.5 Å². The van der Waals surface area contributed by atoms with Crippen LogP contribution in [0.4, 0.5) is 5.69 Å². The van der Waals surface area contributed by atoms with E-state index in [0.29, 0.717) is 35.9 Å². The standard InChI is InChI=1S/C28H38N2O5S/c1-6-20(26(32)30-14-19-13-18(30)15-35-19)22-21(11-12-28(3,4)5)36-24(27(33)34)23(22)29-25(31)17-9-7-16(2)8-10-17/h16-20H,6-10,13-15H2,1-5H3,(H,29,31)(H,33,34)/t16?,17?,18-,19+,20+/m0/s1. The van der Waals surface area contributed by atoms with Gasteiger partial charge in [0, 0.05) is 23.4 Å². The van der Waals surface area contributed by atoms with Crippen LogP contribution in [0.5, 0.6) is 0 Å². The summed E-state index contributed by atoms with van der Waals surface area (Å²) in [6, 6.07) is 0.0560. The number of ether oxygens (including phenoxy) is 1. The highest BCUT2D eigenvalue weighted by atomic mass is 32.1. The second-order valence-electron chi connectivity index (χ2n) is 11.6. The third-order valence-electron chi connectivity index (χ3n) is 7.56. The topological polar surface area (TPSA) is 95.9 Å². The summed E-state index contributed by atoms with van der Waals surface area (Å²) in [4.78, 5) is 42.0. The molecule has 0 aromatic carbocycles. The first-order valence-electron chi connectivity index (χ1n) is 13.1. The third-order valence-corrected chi connectivity index (χ3v) is 8.67. The van der Waals surface area contributed by atoms with Crippen molar-refractivity contribution in [2.45, 2.75) is 91.2 Å². The number of likely N-dealkylation sites (tertiary alicyclic amines) is 1. The third kappa shape index (κ3) is 5.63. The van der Waals surface area contributed by atoms with Gasteiger partial charge in [0.25, 0.3) is 0 Å². The molecule has 0 unspecified atom stereocenters. The molecule has 1 aromatic heterocycles. The Labute approximate surface area is 218 Å². The molecular formula is C28H38N2O5S. The minimum Gasteiger partial charge on any atom is -0.477 e. The number of morpholine rings is 1. The van der Waals surface area contributed by atoms with E-state index in [4.69, 9.17) is 4.74 Å². The average Bonchev–Trinajstić information content (AvgIpc) is 3.53. The normalized spacial score (nSPS) is 26.3. The number of nitrogens with zero attached hydrogens (tertiary/aromatic N) is 1. The fraction of sp³-hybridized carbons (Fsp3) is 0.679. The van der Waals surface area contributed by atoms with E-state index in [2.05, 4.69) is 24.1 Å². The van der Waals surface area contributed by atoms with Crippen molar-refractivity contribution in [3.8, 4) is 11.8 Å². The van der Waals surface area contributed by atoms with Crippen LogP contribution in [-0.2, 0) is 14.3 Å². The minimum absolute atomic E-state index is 0.0381. The molecule has 1 aliphatic carbocycles. The fourth-order valence-corrected chi connectivity index (χ4v) is 6.52. The summed E-state index contributed by atoms with van der Waals surface area (Å²) >= 11 is 1.06. The van der Waals surface area contributed by atoms with Crippen LogP contribution in [0.1, 0.15) is 99.2 Å². The Hall–Kier alpha value is -2.37. The van der Waals surface area contributed by atoms with E-state index in [0.717, 1.165) is 43.4 Å². The number of rotatable bonds is 6. The maximum Gasteiger partial charge on any atom is 0.348 e. The van der Waals surface area contributed by atoms with Crippen molar-refractivity contribution in [3.05, 3.63) is 15.3 Å². The quantitative estimate of drug-likeness (QED) is 0.515. The molecule has 1 saturated carbocycles. The van der Waals surface area contributed by atoms with Crippen LogP contribution in [-0.4, -0.2) is 53.1 Å². The molecule has 0 radical (unpaired) electrons. The number of fused-ring (bicyclic) bond motifs is 2. The van der Waals surface area contributed by atoms with E-state index < -0.39 is 11.9 Å². The number of hydrogen-bond donors (Lipinski definition) is 2. The molecule has 7 nitrogen and oxygen atoms in total. The van der Waals surface area contributed by atoms with Gasteiger partial charge in [-0.1, -0.05) is 25.7 Å². The van der Waals surface area contributed by atoms with Crippen molar-refractivity contribution in [1.29, 1.82) is 0 Å². The summed E-state index contributed by atoms with van der Waals surface area (Å²) in [6.45, 7) is 11.2. The maximum absolute atomic E-state index is 13.8. The van der Waals surface area contributed by atoms with Crippen molar-refractivity contribution >= 4 is 34.8 Å². The van der Waals surface area contributed by atoms with E-state index in [1.807, 2.05) is 32.6 Å². The van der Waals surface area contributed by atoms with Crippen molar-refractivity contribution in [2.75, 3.05) is 18.5 Å². The van der Waals surface area contributed by atoms with Gasteiger partial charge in [0.2, 0.25) is 11.8 Å². The number of carbonyl (C=O) groups excluding carboxylic acids is 2. The highest BCUT2D eigenvalue weighted by Gasteiger charge is 2.44. The molecule has 3 atom stereocenters. The first-order chi connectivity index (χ1) is 17.0. The van der Waals surface area contributed by atoms with Gasteiger partial charge >= 0.3 is 5.97 Å². The smallest absolute Gasteiger partial charge is 0.348 e. The van der Waals surface area contributed by atoms with Gasteiger partial charge in [-0.2, -0.15) is 0 Å². The van der Waals surface area contributed by atoms with Crippen molar-refractivity contribution in [3.63, 3.8) is 0 Å². The molecule has 2 amide bonds. The van der Waals surface area contributed by atoms with Gasteiger partial charge in [0.05, 0.1) is 35.2 Å². The summed E-state index contributed by atoms with van der Waals surface area (Å²) in [5.74, 6) is 4.94. The van der Waals surface area contributed by atoms with Crippen LogP contribution >= 0.6 is 11.3 Å². The lowest BCUT2D eigenvalue weighted by atomic mass is 9.82. The van der Waals surface area contributed by atoms with Crippen LogP contribution in [0.3, 0.4) is 0 Å². The van der Waals surface area contributed by atoms with Gasteiger partial charge in [0.15, 0.2) is 0 Å².